The molecule has 0 bridgehead atoms. The first-order chi connectivity index (χ1) is 25.1. The molecular weight excluding hydrogens is 654 g/mol. The van der Waals surface area contributed by atoms with Crippen LogP contribution in [-0.2, 0) is 14.3 Å². The molecule has 14 atom stereocenters. The number of rotatable bonds is 12. The van der Waals surface area contributed by atoms with Gasteiger partial charge < -0.3 is 36.4 Å². The van der Waals surface area contributed by atoms with E-state index in [2.05, 4.69) is 36.3 Å². The summed E-state index contributed by atoms with van der Waals surface area (Å²) >= 11 is 0. The third-order valence-electron chi connectivity index (χ3n) is 14.1. The van der Waals surface area contributed by atoms with Crippen molar-refractivity contribution in [2.75, 3.05) is 26.7 Å². The molecule has 5 aliphatic rings. The molecule has 6 unspecified atom stereocenters. The van der Waals surface area contributed by atoms with Crippen molar-refractivity contribution >= 4 is 11.6 Å². The lowest BCUT2D eigenvalue weighted by molar-refractivity contribution is -0.142. The van der Waals surface area contributed by atoms with Crippen molar-refractivity contribution in [1.82, 2.24) is 10.6 Å². The van der Waals surface area contributed by atoms with Crippen molar-refractivity contribution in [3.8, 4) is 11.8 Å². The Bertz CT molecular complexity index is 1180. The van der Waals surface area contributed by atoms with E-state index in [0.29, 0.717) is 50.0 Å². The zero-order valence-electron chi connectivity index (χ0n) is 32.7. The molecule has 3 saturated carbocycles. The second-order valence-electron chi connectivity index (χ2n) is 17.7. The summed E-state index contributed by atoms with van der Waals surface area (Å²) < 4.78 is 5.72. The number of aliphatic hydroxyl groups is 3. The quantitative estimate of drug-likeness (QED) is 0.0929. The van der Waals surface area contributed by atoms with Gasteiger partial charge in [-0.05, 0) is 138 Å². The van der Waals surface area contributed by atoms with Crippen LogP contribution in [0.4, 0.5) is 0 Å². The fraction of sp³-hybridized carbons (Fsp3) is 0.907. The molecule has 1 saturated heterocycles. The first kappa shape index (κ1) is 41.8. The molecule has 9 nitrogen and oxygen atoms in total. The predicted molar refractivity (Wildman–Crippen MR) is 205 cm³/mol. The Morgan fingerprint density at radius 2 is 1.71 bits per heavy atom. The van der Waals surface area contributed by atoms with E-state index in [0.717, 1.165) is 77.3 Å². The molecule has 0 aromatic rings. The first-order valence-corrected chi connectivity index (χ1v) is 21.5. The van der Waals surface area contributed by atoms with E-state index < -0.39 is 24.2 Å². The highest BCUT2D eigenvalue weighted by molar-refractivity contribution is 6.06. The van der Waals surface area contributed by atoms with Gasteiger partial charge in [-0.2, -0.15) is 0 Å². The van der Waals surface area contributed by atoms with Gasteiger partial charge in [0.25, 0.3) is 0 Å². The maximum Gasteiger partial charge on any atom is 0.173 e. The van der Waals surface area contributed by atoms with Crippen molar-refractivity contribution in [1.29, 1.82) is 0 Å². The Hall–Kier alpha value is -1.38. The Balaban J connectivity index is 1.55. The van der Waals surface area contributed by atoms with Crippen LogP contribution in [0.25, 0.3) is 0 Å². The minimum absolute atomic E-state index is 0.00840. The lowest BCUT2D eigenvalue weighted by atomic mass is 9.63. The summed E-state index contributed by atoms with van der Waals surface area (Å²) in [7, 11) is 1.65. The number of methoxy groups -OCH3 is 1. The summed E-state index contributed by atoms with van der Waals surface area (Å²) in [6.45, 7) is 6.56. The zero-order chi connectivity index (χ0) is 37.2. The number of nitrogens with one attached hydrogen (secondary N) is 2. The van der Waals surface area contributed by atoms with Gasteiger partial charge in [0.15, 0.2) is 17.7 Å². The van der Waals surface area contributed by atoms with E-state index in [-0.39, 0.29) is 65.8 Å². The molecule has 9 heteroatoms. The van der Waals surface area contributed by atoms with Crippen LogP contribution in [0.15, 0.2) is 0 Å². The van der Waals surface area contributed by atoms with Gasteiger partial charge in [-0.25, -0.2) is 0 Å². The average Bonchev–Trinajstić information content (AvgIpc) is 3.31. The van der Waals surface area contributed by atoms with E-state index in [1.807, 2.05) is 0 Å². The molecule has 296 valence electrons. The monoisotopic (exact) mass is 728 g/mol. The van der Waals surface area contributed by atoms with Gasteiger partial charge in [-0.3, -0.25) is 9.59 Å². The summed E-state index contributed by atoms with van der Waals surface area (Å²) in [5.41, 5.74) is 6.39. The minimum atomic E-state index is -1.66. The van der Waals surface area contributed by atoms with Gasteiger partial charge in [0.2, 0.25) is 0 Å². The summed E-state index contributed by atoms with van der Waals surface area (Å²) in [5.74, 6) is 7.73. The Kier molecular flexibility index (Phi) is 16.5. The van der Waals surface area contributed by atoms with Gasteiger partial charge >= 0.3 is 0 Å². The van der Waals surface area contributed by atoms with E-state index in [1.54, 1.807) is 7.11 Å². The van der Waals surface area contributed by atoms with Gasteiger partial charge in [0.1, 0.15) is 0 Å². The number of hydrogen-bond donors (Lipinski definition) is 6. The highest BCUT2D eigenvalue weighted by atomic mass is 16.5. The minimum Gasteiger partial charge on any atom is -0.392 e. The number of carbonyl (C=O) groups excluding carboxylic acids is 2. The lowest BCUT2D eigenvalue weighted by Crippen LogP contribution is -2.45. The van der Waals surface area contributed by atoms with Gasteiger partial charge in [0, 0.05) is 37.8 Å². The number of nitrogens with two attached hydrogens (primary N) is 1. The topological polar surface area (TPSA) is 154 Å². The maximum absolute atomic E-state index is 14.5. The van der Waals surface area contributed by atoms with Crippen LogP contribution in [0.1, 0.15) is 129 Å². The first-order valence-electron chi connectivity index (χ1n) is 21.5. The lowest BCUT2D eigenvalue weighted by Gasteiger charge is -2.44. The highest BCUT2D eigenvalue weighted by Crippen LogP contribution is 2.47. The molecule has 4 aliphatic carbocycles. The smallest absolute Gasteiger partial charge is 0.173 e. The summed E-state index contributed by atoms with van der Waals surface area (Å²) in [5, 5.41) is 41.3. The fourth-order valence-corrected chi connectivity index (χ4v) is 11.4. The van der Waals surface area contributed by atoms with E-state index >= 15 is 0 Å². The van der Waals surface area contributed by atoms with Crippen LogP contribution >= 0.6 is 0 Å². The molecule has 0 amide bonds. The molecular formula is C43H73N3O6. The third kappa shape index (κ3) is 10.9. The summed E-state index contributed by atoms with van der Waals surface area (Å²) in [4.78, 5) is 28.3. The molecule has 1 heterocycles. The summed E-state index contributed by atoms with van der Waals surface area (Å²) in [6, 6.07) is 0. The number of carbonyl (C=O) groups is 2. The van der Waals surface area contributed by atoms with Crippen molar-refractivity contribution in [2.45, 2.75) is 160 Å². The van der Waals surface area contributed by atoms with Crippen LogP contribution in [0, 0.1) is 71.0 Å². The van der Waals surface area contributed by atoms with E-state index in [9.17, 15) is 24.9 Å². The maximum atomic E-state index is 14.5. The number of hydrogen-bond acceptors (Lipinski definition) is 9. The molecule has 0 aromatic carbocycles. The molecule has 52 heavy (non-hydrogen) atoms. The largest absolute Gasteiger partial charge is 0.392 e. The average molecular weight is 728 g/mol. The zero-order valence-corrected chi connectivity index (χ0v) is 32.7. The third-order valence-corrected chi connectivity index (χ3v) is 14.1. The van der Waals surface area contributed by atoms with Gasteiger partial charge in [-0.1, -0.05) is 51.4 Å². The van der Waals surface area contributed by atoms with Gasteiger partial charge in [0.05, 0.1) is 24.5 Å². The highest BCUT2D eigenvalue weighted by Gasteiger charge is 2.46. The fourth-order valence-electron chi connectivity index (χ4n) is 11.4. The van der Waals surface area contributed by atoms with Gasteiger partial charge in [-0.15, -0.1) is 0 Å². The van der Waals surface area contributed by atoms with E-state index in [4.69, 9.17) is 10.5 Å². The summed E-state index contributed by atoms with van der Waals surface area (Å²) in [6.07, 6.45) is 12.8. The SMILES string of the molecule is CCCNC[C@H](O)[C@H](CCC)[C@H]1C[C@@H](CC2CCNC(N)C2)C[C@@H]2C#C[C@H](C3CCCCC3)C3CC(O)C(OC)CC3CCC(=O)[C@H](O)C(=O)[C@H]2C1. The normalized spacial score (nSPS) is 39.4. The number of ketones is 2. The van der Waals surface area contributed by atoms with Crippen LogP contribution in [0.2, 0.25) is 0 Å². The van der Waals surface area contributed by atoms with Crippen molar-refractivity contribution in [3.63, 3.8) is 0 Å². The number of Topliss-reactive ketones (excluding diaryl/α,β-unsaturated/α-hetero) is 2. The molecule has 0 radical (unpaired) electrons. The number of ether oxygens (including phenoxy) is 1. The molecule has 0 spiro atoms. The Morgan fingerprint density at radius 1 is 0.923 bits per heavy atom. The predicted octanol–water partition coefficient (Wildman–Crippen LogP) is 4.98. The van der Waals surface area contributed by atoms with Crippen LogP contribution in [-0.4, -0.2) is 84.2 Å². The van der Waals surface area contributed by atoms with Crippen molar-refractivity contribution in [2.24, 2.45) is 64.9 Å². The number of aliphatic hydroxyl groups excluding tert-OH is 3. The van der Waals surface area contributed by atoms with Crippen LogP contribution < -0.4 is 16.4 Å². The molecule has 5 rings (SSSR count). The number of fused-ring (bicyclic) bond motifs is 2. The second kappa shape index (κ2) is 20.5. The van der Waals surface area contributed by atoms with Crippen molar-refractivity contribution in [3.05, 3.63) is 0 Å². The molecule has 4 fully saturated rings. The molecule has 7 N–H and O–H groups in total. The molecule has 0 aromatic heterocycles. The van der Waals surface area contributed by atoms with Crippen LogP contribution in [0.5, 0.6) is 0 Å². The Labute approximate surface area is 314 Å². The number of piperidine rings is 1. The standard InChI is InChI=1S/C43H73N3O6/c1-4-9-34(39(49)26-45-17-5-2)32-21-28(19-27-16-18-46-41(44)22-27)20-30-12-14-33(29-10-7-6-8-11-29)35-25-38(48)40(52-3)24-31(35)13-15-37(47)43(51)42(50)36(30)23-32/h27-36,38-41,43,45-46,48-49,51H,4-11,13,15-26,44H2,1-3H3/t27?,28-,30-,31?,32-,33+,34+,35?,36-,38?,39-,40?,41?,43-/m0/s1. The van der Waals surface area contributed by atoms with Crippen molar-refractivity contribution < 1.29 is 29.6 Å². The van der Waals surface area contributed by atoms with E-state index in [1.165, 1.54) is 19.3 Å². The molecule has 1 aliphatic heterocycles. The second-order valence-corrected chi connectivity index (χ2v) is 17.7. The van der Waals surface area contributed by atoms with Crippen LogP contribution in [0.3, 0.4) is 0 Å². The Morgan fingerprint density at radius 3 is 2.42 bits per heavy atom.